The van der Waals surface area contributed by atoms with E-state index in [0.29, 0.717) is 12.2 Å². The Labute approximate surface area is 142 Å². The number of nitrogens with zero attached hydrogens (tertiary/aromatic N) is 4. The minimum absolute atomic E-state index is 0.151. The fraction of sp³-hybridized carbons (Fsp3) is 0.200. The molecule has 118 valence electrons. The van der Waals surface area contributed by atoms with Crippen molar-refractivity contribution in [2.24, 2.45) is 7.05 Å². The van der Waals surface area contributed by atoms with Crippen LogP contribution < -0.4 is 5.32 Å². The maximum atomic E-state index is 12.1. The maximum absolute atomic E-state index is 12.1. The lowest BCUT2D eigenvalue weighted by Gasteiger charge is -2.02. The molecular weight excluding hydrogens is 330 g/mol. The van der Waals surface area contributed by atoms with E-state index >= 15 is 0 Å². The van der Waals surface area contributed by atoms with Crippen LogP contribution in [0.4, 0.5) is 0 Å². The first-order chi connectivity index (χ1) is 11.2. The van der Waals surface area contributed by atoms with Crippen molar-refractivity contribution in [3.8, 4) is 10.6 Å². The van der Waals surface area contributed by atoms with E-state index in [1.165, 1.54) is 11.3 Å². The van der Waals surface area contributed by atoms with Crippen LogP contribution in [0.3, 0.4) is 0 Å². The average Bonchev–Trinajstić information content (AvgIpc) is 3.22. The van der Waals surface area contributed by atoms with Crippen molar-refractivity contribution < 1.29 is 4.79 Å². The second-order valence-corrected chi connectivity index (χ2v) is 6.65. The van der Waals surface area contributed by atoms with Gasteiger partial charge in [0.15, 0.2) is 5.16 Å². The summed E-state index contributed by atoms with van der Waals surface area (Å²) in [5, 5.41) is 14.1. The standard InChI is InChI=1S/C15H15N5OS2/c1-20-10-17-19-15(20)22-8-7-16-13(21)12-9-23-14(18-12)11-5-3-2-4-6-11/h2-6,9-10H,7-8H2,1H3,(H,16,21). The van der Waals surface area contributed by atoms with Gasteiger partial charge in [-0.3, -0.25) is 4.79 Å². The molecule has 0 saturated carbocycles. The number of thioether (sulfide) groups is 1. The van der Waals surface area contributed by atoms with E-state index in [1.807, 2.05) is 41.9 Å². The summed E-state index contributed by atoms with van der Waals surface area (Å²) in [7, 11) is 1.89. The van der Waals surface area contributed by atoms with E-state index in [4.69, 9.17) is 0 Å². The van der Waals surface area contributed by atoms with Gasteiger partial charge in [-0.1, -0.05) is 42.1 Å². The highest BCUT2D eigenvalue weighted by atomic mass is 32.2. The monoisotopic (exact) mass is 345 g/mol. The highest BCUT2D eigenvalue weighted by Crippen LogP contribution is 2.23. The molecule has 0 fully saturated rings. The Morgan fingerprint density at radius 2 is 2.17 bits per heavy atom. The zero-order valence-electron chi connectivity index (χ0n) is 12.5. The normalized spacial score (nSPS) is 10.7. The van der Waals surface area contributed by atoms with E-state index < -0.39 is 0 Å². The van der Waals surface area contributed by atoms with Crippen molar-refractivity contribution in [3.63, 3.8) is 0 Å². The first kappa shape index (κ1) is 15.7. The third-order valence-electron chi connectivity index (χ3n) is 3.05. The molecule has 3 rings (SSSR count). The van der Waals surface area contributed by atoms with Crippen molar-refractivity contribution in [2.45, 2.75) is 5.16 Å². The third kappa shape index (κ3) is 3.96. The molecular formula is C15H15N5OS2. The van der Waals surface area contributed by atoms with Crippen LogP contribution >= 0.6 is 23.1 Å². The molecule has 8 heteroatoms. The molecule has 1 amide bonds. The second-order valence-electron chi connectivity index (χ2n) is 4.73. The Morgan fingerprint density at radius 3 is 2.91 bits per heavy atom. The summed E-state index contributed by atoms with van der Waals surface area (Å²) in [4.78, 5) is 16.5. The highest BCUT2D eigenvalue weighted by Gasteiger charge is 2.11. The molecule has 2 aromatic heterocycles. The Hall–Kier alpha value is -2.19. The van der Waals surface area contributed by atoms with Gasteiger partial charge in [0.2, 0.25) is 0 Å². The van der Waals surface area contributed by atoms with E-state index in [-0.39, 0.29) is 5.91 Å². The zero-order chi connectivity index (χ0) is 16.1. The van der Waals surface area contributed by atoms with Crippen LogP contribution in [-0.4, -0.2) is 38.0 Å². The number of aromatic nitrogens is 4. The Morgan fingerprint density at radius 1 is 1.35 bits per heavy atom. The van der Waals surface area contributed by atoms with Crippen molar-refractivity contribution in [1.82, 2.24) is 25.1 Å². The van der Waals surface area contributed by atoms with Crippen molar-refractivity contribution in [2.75, 3.05) is 12.3 Å². The summed E-state index contributed by atoms with van der Waals surface area (Å²) in [6.45, 7) is 0.550. The molecule has 0 aliphatic rings. The molecule has 0 bridgehead atoms. The van der Waals surface area contributed by atoms with Crippen molar-refractivity contribution in [1.29, 1.82) is 0 Å². The number of aryl methyl sites for hydroxylation is 1. The molecule has 6 nitrogen and oxygen atoms in total. The van der Waals surface area contributed by atoms with Gasteiger partial charge in [0, 0.05) is 30.3 Å². The van der Waals surface area contributed by atoms with E-state index in [0.717, 1.165) is 21.5 Å². The zero-order valence-corrected chi connectivity index (χ0v) is 14.1. The molecule has 0 unspecified atom stereocenters. The summed E-state index contributed by atoms with van der Waals surface area (Å²) in [5.41, 5.74) is 1.48. The van der Waals surface area contributed by atoms with Gasteiger partial charge in [-0.25, -0.2) is 4.98 Å². The number of hydrogen-bond acceptors (Lipinski definition) is 6. The summed E-state index contributed by atoms with van der Waals surface area (Å²) in [6.07, 6.45) is 1.65. The summed E-state index contributed by atoms with van der Waals surface area (Å²) in [5.74, 6) is 0.579. The van der Waals surface area contributed by atoms with Gasteiger partial charge in [0.25, 0.3) is 5.91 Å². The third-order valence-corrected chi connectivity index (χ3v) is 4.97. The predicted octanol–water partition coefficient (Wildman–Crippen LogP) is 2.46. The number of carbonyl (C=O) groups excluding carboxylic acids is 1. The molecule has 23 heavy (non-hydrogen) atoms. The lowest BCUT2D eigenvalue weighted by atomic mass is 10.2. The number of amides is 1. The lowest BCUT2D eigenvalue weighted by Crippen LogP contribution is -2.26. The number of thiazole rings is 1. The van der Waals surface area contributed by atoms with Crippen LogP contribution in [-0.2, 0) is 7.05 Å². The van der Waals surface area contributed by atoms with Gasteiger partial charge in [-0.05, 0) is 0 Å². The number of hydrogen-bond donors (Lipinski definition) is 1. The molecule has 0 radical (unpaired) electrons. The SMILES string of the molecule is Cn1cnnc1SCCNC(=O)c1csc(-c2ccccc2)n1. The Balaban J connectivity index is 1.51. The molecule has 0 saturated heterocycles. The number of nitrogens with one attached hydrogen (secondary N) is 1. The van der Waals surface area contributed by atoms with Crippen LogP contribution in [0, 0.1) is 0 Å². The summed E-state index contributed by atoms with van der Waals surface area (Å²) >= 11 is 3.02. The fourth-order valence-corrected chi connectivity index (χ4v) is 3.44. The van der Waals surface area contributed by atoms with E-state index in [9.17, 15) is 4.79 Å². The number of benzene rings is 1. The summed E-state index contributed by atoms with van der Waals surface area (Å²) < 4.78 is 1.85. The largest absolute Gasteiger partial charge is 0.350 e. The van der Waals surface area contributed by atoms with Crippen molar-refractivity contribution in [3.05, 3.63) is 47.7 Å². The van der Waals surface area contributed by atoms with Gasteiger partial charge < -0.3 is 9.88 Å². The van der Waals surface area contributed by atoms with Crippen molar-refractivity contribution >= 4 is 29.0 Å². The van der Waals surface area contributed by atoms with E-state index in [2.05, 4.69) is 20.5 Å². The molecule has 0 spiro atoms. The average molecular weight is 345 g/mol. The minimum atomic E-state index is -0.151. The predicted molar refractivity (Wildman–Crippen MR) is 91.6 cm³/mol. The summed E-state index contributed by atoms with van der Waals surface area (Å²) in [6, 6.07) is 9.84. The quantitative estimate of drug-likeness (QED) is 0.549. The smallest absolute Gasteiger partial charge is 0.270 e. The van der Waals surface area contributed by atoms with Gasteiger partial charge in [-0.2, -0.15) is 0 Å². The fourth-order valence-electron chi connectivity index (χ4n) is 1.89. The van der Waals surface area contributed by atoms with Gasteiger partial charge in [0.05, 0.1) is 0 Å². The topological polar surface area (TPSA) is 72.7 Å². The first-order valence-corrected chi connectivity index (χ1v) is 8.86. The maximum Gasteiger partial charge on any atom is 0.270 e. The molecule has 0 aliphatic heterocycles. The first-order valence-electron chi connectivity index (χ1n) is 7.00. The number of carbonyl (C=O) groups is 1. The van der Waals surface area contributed by atoms with Gasteiger partial charge >= 0.3 is 0 Å². The van der Waals surface area contributed by atoms with Crippen LogP contribution in [0.25, 0.3) is 10.6 Å². The van der Waals surface area contributed by atoms with Crippen LogP contribution in [0.5, 0.6) is 0 Å². The van der Waals surface area contributed by atoms with Crippen LogP contribution in [0.1, 0.15) is 10.5 Å². The molecule has 1 N–H and O–H groups in total. The molecule has 0 aliphatic carbocycles. The minimum Gasteiger partial charge on any atom is -0.350 e. The molecule has 1 aromatic carbocycles. The Bertz CT molecular complexity index is 784. The van der Waals surface area contributed by atoms with Gasteiger partial charge in [0.1, 0.15) is 17.0 Å². The van der Waals surface area contributed by atoms with Crippen LogP contribution in [0.2, 0.25) is 0 Å². The molecule has 3 aromatic rings. The van der Waals surface area contributed by atoms with Crippen LogP contribution in [0.15, 0.2) is 47.2 Å². The van der Waals surface area contributed by atoms with Gasteiger partial charge in [-0.15, -0.1) is 21.5 Å². The van der Waals surface area contributed by atoms with E-state index in [1.54, 1.807) is 23.5 Å². The molecule has 2 heterocycles. The number of rotatable bonds is 6. The molecule has 0 atom stereocenters. The second kappa shape index (κ2) is 7.38. The highest BCUT2D eigenvalue weighted by molar-refractivity contribution is 7.99. The Kier molecular flexibility index (Phi) is 5.04. The lowest BCUT2D eigenvalue weighted by molar-refractivity contribution is 0.0952.